The molecule has 1 amide bonds. The largest absolute Gasteiger partial charge is 0.497 e. The quantitative estimate of drug-likeness (QED) is 0.168. The molecule has 11 heteroatoms. The van der Waals surface area contributed by atoms with Crippen LogP contribution in [0.5, 0.6) is 11.5 Å². The SMILES string of the molecule is COOC#CCOc1cc(C(F)(F)F)ccc1C1CCN(C(=O)[C@]2(F)CN(C(C)(C)C)C[C@H]2c2ccc(OC)cc2)CC1. The van der Waals surface area contributed by atoms with Gasteiger partial charge in [0.15, 0.2) is 12.7 Å². The highest BCUT2D eigenvalue weighted by Gasteiger charge is 2.57. The fourth-order valence-corrected chi connectivity index (χ4v) is 5.79. The Morgan fingerprint density at radius 2 is 1.72 bits per heavy atom. The molecule has 2 fully saturated rings. The van der Waals surface area contributed by atoms with E-state index in [0.29, 0.717) is 30.7 Å². The third-order valence-corrected chi connectivity index (χ3v) is 8.26. The predicted molar refractivity (Wildman–Crippen MR) is 152 cm³/mol. The number of rotatable bonds is 7. The van der Waals surface area contributed by atoms with Crippen molar-refractivity contribution in [2.45, 2.75) is 62.8 Å². The number of likely N-dealkylation sites (tertiary alicyclic amines) is 2. The molecule has 2 aliphatic heterocycles. The average molecular weight is 607 g/mol. The zero-order chi connectivity index (χ0) is 31.4. The lowest BCUT2D eigenvalue weighted by molar-refractivity contribution is -0.209. The van der Waals surface area contributed by atoms with Crippen molar-refractivity contribution in [3.05, 3.63) is 59.2 Å². The molecule has 0 aromatic heterocycles. The van der Waals surface area contributed by atoms with Crippen LogP contribution in [-0.4, -0.2) is 73.9 Å². The number of halogens is 4. The van der Waals surface area contributed by atoms with Crippen LogP contribution in [0, 0.1) is 12.0 Å². The zero-order valence-electron chi connectivity index (χ0n) is 25.1. The van der Waals surface area contributed by atoms with Crippen LogP contribution < -0.4 is 9.47 Å². The van der Waals surface area contributed by atoms with Crippen LogP contribution >= 0.6 is 0 Å². The number of benzene rings is 2. The number of hydrogen-bond donors (Lipinski definition) is 0. The van der Waals surface area contributed by atoms with Gasteiger partial charge in [0.25, 0.3) is 5.91 Å². The smallest absolute Gasteiger partial charge is 0.416 e. The van der Waals surface area contributed by atoms with Crippen LogP contribution in [-0.2, 0) is 20.7 Å². The van der Waals surface area contributed by atoms with Gasteiger partial charge in [0.1, 0.15) is 11.5 Å². The standard InChI is InChI=1S/C32H38F4N2O5/c1-30(2,3)38-20-27(23-7-10-25(40-4)11-8-23)31(33,21-38)29(39)37-15-13-22(14-16-37)26-12-9-24(32(34,35)36)19-28(26)42-17-6-18-43-41-5/h7-12,19,22,27H,13-17,20-21H2,1-5H3/t27-,31-/m0/s1. The number of ether oxygens (including phenoxy) is 2. The van der Waals surface area contributed by atoms with Gasteiger partial charge in [-0.3, -0.25) is 14.6 Å². The summed E-state index contributed by atoms with van der Waals surface area (Å²) in [7, 11) is 2.83. The highest BCUT2D eigenvalue weighted by molar-refractivity contribution is 5.87. The summed E-state index contributed by atoms with van der Waals surface area (Å²) in [6, 6.07) is 10.5. The molecule has 0 bridgehead atoms. The molecule has 2 aliphatic rings. The van der Waals surface area contributed by atoms with Crippen LogP contribution in [0.3, 0.4) is 0 Å². The van der Waals surface area contributed by atoms with Crippen LogP contribution in [0.15, 0.2) is 42.5 Å². The molecule has 7 nitrogen and oxygen atoms in total. The first-order valence-electron chi connectivity index (χ1n) is 14.2. The van der Waals surface area contributed by atoms with Crippen LogP contribution in [0.2, 0.25) is 0 Å². The Morgan fingerprint density at radius 3 is 2.30 bits per heavy atom. The molecule has 2 saturated heterocycles. The minimum atomic E-state index is -4.55. The molecule has 2 heterocycles. The maximum absolute atomic E-state index is 17.0. The van der Waals surface area contributed by atoms with E-state index in [1.165, 1.54) is 13.2 Å². The van der Waals surface area contributed by atoms with Gasteiger partial charge in [0.05, 0.1) is 19.8 Å². The summed E-state index contributed by atoms with van der Waals surface area (Å²) >= 11 is 0. The normalized spacial score (nSPS) is 21.7. The first-order chi connectivity index (χ1) is 20.3. The summed E-state index contributed by atoms with van der Waals surface area (Å²) in [5.41, 5.74) is -2.01. The fraction of sp³-hybridized carbons (Fsp3) is 0.531. The van der Waals surface area contributed by atoms with Gasteiger partial charge in [-0.05, 0) is 80.8 Å². The van der Waals surface area contributed by atoms with Crippen molar-refractivity contribution in [2.24, 2.45) is 0 Å². The molecule has 0 saturated carbocycles. The summed E-state index contributed by atoms with van der Waals surface area (Å²) < 4.78 is 68.2. The predicted octanol–water partition coefficient (Wildman–Crippen LogP) is 5.94. The van der Waals surface area contributed by atoms with Gasteiger partial charge >= 0.3 is 6.18 Å². The number of piperidine rings is 1. The minimum absolute atomic E-state index is 0.0311. The zero-order valence-corrected chi connectivity index (χ0v) is 25.1. The maximum atomic E-state index is 17.0. The molecule has 2 aromatic rings. The summed E-state index contributed by atoms with van der Waals surface area (Å²) in [6.45, 7) is 6.68. The van der Waals surface area contributed by atoms with Crippen LogP contribution in [0.4, 0.5) is 17.6 Å². The van der Waals surface area contributed by atoms with Gasteiger partial charge in [-0.2, -0.15) is 18.1 Å². The first kappa shape index (κ1) is 32.4. The molecule has 0 N–H and O–H groups in total. The van der Waals surface area contributed by atoms with E-state index in [4.69, 9.17) is 9.47 Å². The van der Waals surface area contributed by atoms with Gasteiger partial charge in [0.2, 0.25) is 5.67 Å². The van der Waals surface area contributed by atoms with Crippen molar-refractivity contribution in [1.29, 1.82) is 0 Å². The maximum Gasteiger partial charge on any atom is 0.416 e. The highest BCUT2D eigenvalue weighted by atomic mass is 19.4. The Kier molecular flexibility index (Phi) is 9.82. The van der Waals surface area contributed by atoms with Crippen molar-refractivity contribution in [2.75, 3.05) is 47.0 Å². The molecular weight excluding hydrogens is 568 g/mol. The van der Waals surface area contributed by atoms with Crippen molar-refractivity contribution >= 4 is 5.91 Å². The lowest BCUT2D eigenvalue weighted by Crippen LogP contribution is -2.53. The topological polar surface area (TPSA) is 60.5 Å². The Morgan fingerprint density at radius 1 is 1.05 bits per heavy atom. The van der Waals surface area contributed by atoms with E-state index in [2.05, 4.69) is 21.8 Å². The average Bonchev–Trinajstić information content (AvgIpc) is 3.35. The van der Waals surface area contributed by atoms with Crippen LogP contribution in [0.1, 0.15) is 62.1 Å². The lowest BCUT2D eigenvalue weighted by Gasteiger charge is -2.38. The van der Waals surface area contributed by atoms with E-state index in [1.54, 1.807) is 36.3 Å². The number of amides is 1. The molecule has 2 aromatic carbocycles. The molecule has 2 atom stereocenters. The van der Waals surface area contributed by atoms with Gasteiger partial charge in [0, 0.05) is 37.6 Å². The summed E-state index contributed by atoms with van der Waals surface area (Å²) in [5.74, 6) is 1.81. The van der Waals surface area contributed by atoms with Crippen molar-refractivity contribution in [1.82, 2.24) is 9.80 Å². The van der Waals surface area contributed by atoms with E-state index in [9.17, 15) is 18.0 Å². The Balaban J connectivity index is 1.52. The van der Waals surface area contributed by atoms with E-state index >= 15 is 4.39 Å². The number of alkyl halides is 4. The third-order valence-electron chi connectivity index (χ3n) is 8.26. The second-order valence-electron chi connectivity index (χ2n) is 11.9. The lowest BCUT2D eigenvalue weighted by atomic mass is 9.83. The third kappa shape index (κ3) is 7.36. The molecule has 0 spiro atoms. The van der Waals surface area contributed by atoms with E-state index in [1.807, 2.05) is 25.7 Å². The summed E-state index contributed by atoms with van der Waals surface area (Å²) in [6.07, 6.45) is -1.44. The second kappa shape index (κ2) is 13.0. The molecule has 234 valence electrons. The summed E-state index contributed by atoms with van der Waals surface area (Å²) in [5, 5.41) is 0. The molecule has 0 unspecified atom stereocenters. The monoisotopic (exact) mass is 606 g/mol. The molecule has 4 rings (SSSR count). The minimum Gasteiger partial charge on any atom is -0.497 e. The van der Waals surface area contributed by atoms with Gasteiger partial charge in [-0.1, -0.05) is 18.2 Å². The van der Waals surface area contributed by atoms with E-state index in [-0.39, 0.29) is 43.4 Å². The number of hydrogen-bond acceptors (Lipinski definition) is 6. The van der Waals surface area contributed by atoms with E-state index < -0.39 is 29.2 Å². The van der Waals surface area contributed by atoms with Gasteiger partial charge in [-0.25, -0.2) is 4.39 Å². The Hall–Kier alpha value is -3.49. The first-order valence-corrected chi connectivity index (χ1v) is 14.2. The van der Waals surface area contributed by atoms with Crippen molar-refractivity contribution in [3.8, 4) is 23.5 Å². The number of nitrogens with zero attached hydrogens (tertiary/aromatic N) is 2. The van der Waals surface area contributed by atoms with Crippen LogP contribution in [0.25, 0.3) is 0 Å². The Bertz CT molecular complexity index is 1320. The number of methoxy groups -OCH3 is 1. The van der Waals surface area contributed by atoms with Crippen molar-refractivity contribution in [3.63, 3.8) is 0 Å². The van der Waals surface area contributed by atoms with Gasteiger partial charge < -0.3 is 14.4 Å². The molecular formula is C32H38F4N2O5. The van der Waals surface area contributed by atoms with E-state index in [0.717, 1.165) is 17.7 Å². The molecule has 0 aliphatic carbocycles. The highest BCUT2D eigenvalue weighted by Crippen LogP contribution is 2.45. The Labute approximate surface area is 250 Å². The molecule has 0 radical (unpaired) electrons. The number of carbonyl (C=O) groups excluding carboxylic acids is 1. The second-order valence-corrected chi connectivity index (χ2v) is 11.9. The van der Waals surface area contributed by atoms with Gasteiger partial charge in [-0.15, -0.1) is 0 Å². The fourth-order valence-electron chi connectivity index (χ4n) is 5.79. The summed E-state index contributed by atoms with van der Waals surface area (Å²) in [4.78, 5) is 26.3. The van der Waals surface area contributed by atoms with Crippen molar-refractivity contribution < 1.29 is 41.6 Å². The molecule has 43 heavy (non-hydrogen) atoms. The number of carbonyl (C=O) groups is 1.